The molecule has 0 heterocycles. The molecule has 0 radical (unpaired) electrons. The van der Waals surface area contributed by atoms with Crippen molar-refractivity contribution in [1.82, 2.24) is 10.2 Å². The number of para-hydroxylation sites is 1. The lowest BCUT2D eigenvalue weighted by Crippen LogP contribution is -2.33. The van der Waals surface area contributed by atoms with E-state index in [-0.39, 0.29) is 13.2 Å². The van der Waals surface area contributed by atoms with Gasteiger partial charge < -0.3 is 10.1 Å². The van der Waals surface area contributed by atoms with Crippen LogP contribution < -0.4 is 10.1 Å². The van der Waals surface area contributed by atoms with Crippen molar-refractivity contribution >= 4 is 0 Å². The van der Waals surface area contributed by atoms with E-state index < -0.39 is 12.7 Å². The van der Waals surface area contributed by atoms with Gasteiger partial charge in [-0.1, -0.05) is 25.1 Å². The molecule has 1 aromatic rings. The van der Waals surface area contributed by atoms with Crippen molar-refractivity contribution in [2.24, 2.45) is 0 Å². The van der Waals surface area contributed by atoms with E-state index in [2.05, 4.69) is 12.2 Å². The predicted molar refractivity (Wildman–Crippen MR) is 77.5 cm³/mol. The third-order valence-electron chi connectivity index (χ3n) is 2.89. The summed E-state index contributed by atoms with van der Waals surface area (Å²) in [4.78, 5) is 1.21. The van der Waals surface area contributed by atoms with E-state index in [0.717, 1.165) is 24.3 Å². The standard InChI is InChI=1S/C15H23F3N2O/c1-3-8-19-11-13-6-4-5-7-14(13)21-10-9-20(2)12-15(16,17)18/h4-7,19H,3,8-12H2,1-2H3. The number of nitrogens with zero attached hydrogens (tertiary/aromatic N) is 1. The van der Waals surface area contributed by atoms with Crippen LogP contribution in [-0.2, 0) is 6.54 Å². The highest BCUT2D eigenvalue weighted by atomic mass is 19.4. The molecule has 0 aliphatic carbocycles. The molecule has 0 saturated carbocycles. The van der Waals surface area contributed by atoms with Crippen molar-refractivity contribution in [2.45, 2.75) is 26.1 Å². The Kier molecular flexibility index (Phi) is 7.53. The number of hydrogen-bond acceptors (Lipinski definition) is 3. The van der Waals surface area contributed by atoms with Crippen LogP contribution >= 0.6 is 0 Å². The largest absolute Gasteiger partial charge is 0.492 e. The first-order valence-electron chi connectivity index (χ1n) is 7.09. The van der Waals surface area contributed by atoms with Gasteiger partial charge in [0.05, 0.1) is 6.54 Å². The predicted octanol–water partition coefficient (Wildman–Crippen LogP) is 3.06. The van der Waals surface area contributed by atoms with Gasteiger partial charge in [-0.3, -0.25) is 4.90 Å². The summed E-state index contributed by atoms with van der Waals surface area (Å²) >= 11 is 0. The molecule has 6 heteroatoms. The number of alkyl halides is 3. The minimum Gasteiger partial charge on any atom is -0.492 e. The summed E-state index contributed by atoms with van der Waals surface area (Å²) in [6.07, 6.45) is -3.12. The molecule has 0 aliphatic heterocycles. The summed E-state index contributed by atoms with van der Waals surface area (Å²) in [6, 6.07) is 7.58. The molecule has 0 unspecified atom stereocenters. The van der Waals surface area contributed by atoms with E-state index in [4.69, 9.17) is 4.74 Å². The summed E-state index contributed by atoms with van der Waals surface area (Å²) in [6.45, 7) is 3.25. The van der Waals surface area contributed by atoms with Crippen molar-refractivity contribution in [2.75, 3.05) is 33.3 Å². The Morgan fingerprint density at radius 2 is 1.95 bits per heavy atom. The fraction of sp³-hybridized carbons (Fsp3) is 0.600. The fourth-order valence-corrected chi connectivity index (χ4v) is 1.89. The monoisotopic (exact) mass is 304 g/mol. The summed E-state index contributed by atoms with van der Waals surface area (Å²) in [5.74, 6) is 0.724. The van der Waals surface area contributed by atoms with Crippen molar-refractivity contribution in [1.29, 1.82) is 0 Å². The van der Waals surface area contributed by atoms with E-state index in [0.29, 0.717) is 6.54 Å². The van der Waals surface area contributed by atoms with Gasteiger partial charge in [-0.05, 0) is 26.1 Å². The Morgan fingerprint density at radius 1 is 1.24 bits per heavy atom. The van der Waals surface area contributed by atoms with Gasteiger partial charge in [-0.15, -0.1) is 0 Å². The van der Waals surface area contributed by atoms with Gasteiger partial charge >= 0.3 is 6.18 Å². The van der Waals surface area contributed by atoms with Gasteiger partial charge in [0, 0.05) is 18.7 Å². The number of likely N-dealkylation sites (N-methyl/N-ethyl adjacent to an activating group) is 1. The Hall–Kier alpha value is -1.27. The zero-order valence-corrected chi connectivity index (χ0v) is 12.5. The molecule has 1 rings (SSSR count). The normalized spacial score (nSPS) is 11.9. The van der Waals surface area contributed by atoms with Crippen LogP contribution in [0.2, 0.25) is 0 Å². The lowest BCUT2D eigenvalue weighted by molar-refractivity contribution is -0.143. The average Bonchev–Trinajstić information content (AvgIpc) is 2.38. The van der Waals surface area contributed by atoms with Crippen LogP contribution in [0.25, 0.3) is 0 Å². The molecule has 0 saturated heterocycles. The smallest absolute Gasteiger partial charge is 0.401 e. The molecule has 0 spiro atoms. The summed E-state index contributed by atoms with van der Waals surface area (Å²) in [5.41, 5.74) is 1.02. The number of halogens is 3. The van der Waals surface area contributed by atoms with E-state index in [1.54, 1.807) is 0 Å². The highest BCUT2D eigenvalue weighted by Gasteiger charge is 2.28. The lowest BCUT2D eigenvalue weighted by Gasteiger charge is -2.19. The molecule has 0 atom stereocenters. The maximum absolute atomic E-state index is 12.2. The van der Waals surface area contributed by atoms with Crippen LogP contribution in [0.3, 0.4) is 0 Å². The van der Waals surface area contributed by atoms with E-state index in [1.165, 1.54) is 11.9 Å². The van der Waals surface area contributed by atoms with Gasteiger partial charge in [-0.2, -0.15) is 13.2 Å². The molecule has 1 aromatic carbocycles. The quantitative estimate of drug-likeness (QED) is 0.710. The minimum atomic E-state index is -4.17. The number of benzene rings is 1. The highest BCUT2D eigenvalue weighted by molar-refractivity contribution is 5.33. The van der Waals surface area contributed by atoms with Crippen LogP contribution in [-0.4, -0.2) is 44.4 Å². The Morgan fingerprint density at radius 3 is 2.62 bits per heavy atom. The third-order valence-corrected chi connectivity index (χ3v) is 2.89. The first-order chi connectivity index (χ1) is 9.92. The number of rotatable bonds is 9. The molecule has 1 N–H and O–H groups in total. The van der Waals surface area contributed by atoms with Gasteiger partial charge in [0.1, 0.15) is 12.4 Å². The van der Waals surface area contributed by atoms with Crippen LogP contribution in [0, 0.1) is 0 Å². The van der Waals surface area contributed by atoms with Gasteiger partial charge in [0.2, 0.25) is 0 Å². The Balaban J connectivity index is 2.40. The fourth-order valence-electron chi connectivity index (χ4n) is 1.89. The number of ether oxygens (including phenoxy) is 1. The second kappa shape index (κ2) is 8.89. The first kappa shape index (κ1) is 17.8. The summed E-state index contributed by atoms with van der Waals surface area (Å²) in [5, 5.41) is 3.28. The van der Waals surface area contributed by atoms with Crippen molar-refractivity contribution in [3.05, 3.63) is 29.8 Å². The van der Waals surface area contributed by atoms with E-state index in [1.807, 2.05) is 24.3 Å². The molecule has 0 bridgehead atoms. The summed E-state index contributed by atoms with van der Waals surface area (Å²) in [7, 11) is 1.44. The number of hydrogen-bond donors (Lipinski definition) is 1. The lowest BCUT2D eigenvalue weighted by atomic mass is 10.2. The van der Waals surface area contributed by atoms with E-state index >= 15 is 0 Å². The molecule has 0 aliphatic rings. The second-order valence-corrected chi connectivity index (χ2v) is 4.99. The van der Waals surface area contributed by atoms with Crippen LogP contribution in [0.4, 0.5) is 13.2 Å². The van der Waals surface area contributed by atoms with Gasteiger partial charge in [0.15, 0.2) is 0 Å². The molecule has 0 amide bonds. The second-order valence-electron chi connectivity index (χ2n) is 4.99. The molecule has 3 nitrogen and oxygen atoms in total. The molecule has 0 fully saturated rings. The maximum atomic E-state index is 12.2. The Bertz CT molecular complexity index is 410. The first-order valence-corrected chi connectivity index (χ1v) is 7.09. The average molecular weight is 304 g/mol. The van der Waals surface area contributed by atoms with Crippen molar-refractivity contribution in [3.63, 3.8) is 0 Å². The summed E-state index contributed by atoms with van der Waals surface area (Å²) < 4.78 is 42.2. The molecule has 0 aromatic heterocycles. The minimum absolute atomic E-state index is 0.232. The third kappa shape index (κ3) is 7.92. The Labute approximate surface area is 124 Å². The zero-order chi connectivity index (χ0) is 15.7. The SMILES string of the molecule is CCCNCc1ccccc1OCCN(C)CC(F)(F)F. The highest BCUT2D eigenvalue weighted by Crippen LogP contribution is 2.18. The zero-order valence-electron chi connectivity index (χ0n) is 12.5. The van der Waals surface area contributed by atoms with Crippen molar-refractivity contribution in [3.8, 4) is 5.75 Å². The molecule has 120 valence electrons. The molecular formula is C15H23F3N2O. The van der Waals surface area contributed by atoms with Gasteiger partial charge in [0.25, 0.3) is 0 Å². The van der Waals surface area contributed by atoms with Crippen LogP contribution in [0.1, 0.15) is 18.9 Å². The van der Waals surface area contributed by atoms with Crippen LogP contribution in [0.15, 0.2) is 24.3 Å². The van der Waals surface area contributed by atoms with Crippen LogP contribution in [0.5, 0.6) is 5.75 Å². The van der Waals surface area contributed by atoms with E-state index in [9.17, 15) is 13.2 Å². The van der Waals surface area contributed by atoms with Gasteiger partial charge in [-0.25, -0.2) is 0 Å². The topological polar surface area (TPSA) is 24.5 Å². The number of nitrogens with one attached hydrogen (secondary N) is 1. The maximum Gasteiger partial charge on any atom is 0.401 e. The molecule has 21 heavy (non-hydrogen) atoms. The van der Waals surface area contributed by atoms with Crippen molar-refractivity contribution < 1.29 is 17.9 Å². The molecular weight excluding hydrogens is 281 g/mol.